The lowest BCUT2D eigenvalue weighted by Crippen LogP contribution is -2.44. The van der Waals surface area contributed by atoms with Crippen molar-refractivity contribution in [1.82, 2.24) is 15.3 Å². The van der Waals surface area contributed by atoms with Gasteiger partial charge < -0.3 is 10.4 Å². The minimum absolute atomic E-state index is 0.211. The summed E-state index contributed by atoms with van der Waals surface area (Å²) in [5.41, 5.74) is 0.930. The molecule has 7 heteroatoms. The summed E-state index contributed by atoms with van der Waals surface area (Å²) < 4.78 is 14.2. The average molecular weight is 317 g/mol. The monoisotopic (exact) mass is 317 g/mol. The molecule has 1 aromatic carbocycles. The quantitative estimate of drug-likeness (QED) is 0.881. The summed E-state index contributed by atoms with van der Waals surface area (Å²) in [7, 11) is 0. The first-order valence-corrected chi connectivity index (χ1v) is 6.98. The molecule has 2 aromatic rings. The number of aromatic nitrogens is 2. The topological polar surface area (TPSA) is 92.2 Å². The molecule has 1 aromatic heterocycles. The molecule has 1 amide bonds. The molecule has 2 rings (SSSR count). The van der Waals surface area contributed by atoms with Crippen molar-refractivity contribution in [2.45, 2.75) is 19.9 Å². The van der Waals surface area contributed by atoms with Crippen molar-refractivity contribution in [2.75, 3.05) is 0 Å². The lowest BCUT2D eigenvalue weighted by Gasteiger charge is -2.18. The molecular formula is C16H16FN3O3. The van der Waals surface area contributed by atoms with Gasteiger partial charge in [0.25, 0.3) is 5.91 Å². The molecule has 1 heterocycles. The van der Waals surface area contributed by atoms with Gasteiger partial charge in [-0.15, -0.1) is 0 Å². The van der Waals surface area contributed by atoms with Gasteiger partial charge in [-0.05, 0) is 23.6 Å². The zero-order chi connectivity index (χ0) is 17.0. The van der Waals surface area contributed by atoms with E-state index in [1.54, 1.807) is 19.9 Å². The number of nitrogens with one attached hydrogen (secondary N) is 1. The van der Waals surface area contributed by atoms with Crippen LogP contribution in [0.5, 0.6) is 0 Å². The van der Waals surface area contributed by atoms with Crippen molar-refractivity contribution >= 4 is 11.9 Å². The normalized spacial score (nSPS) is 12.0. The van der Waals surface area contributed by atoms with Crippen LogP contribution in [0.15, 0.2) is 36.9 Å². The molecule has 0 saturated carbocycles. The number of hydrogen-bond donors (Lipinski definition) is 2. The van der Waals surface area contributed by atoms with Crippen molar-refractivity contribution < 1.29 is 19.1 Å². The second kappa shape index (κ2) is 6.95. The van der Waals surface area contributed by atoms with Crippen molar-refractivity contribution in [3.05, 3.63) is 48.3 Å². The number of carboxylic acids is 1. The van der Waals surface area contributed by atoms with Gasteiger partial charge in [0, 0.05) is 18.0 Å². The van der Waals surface area contributed by atoms with Gasteiger partial charge >= 0.3 is 5.97 Å². The van der Waals surface area contributed by atoms with Crippen molar-refractivity contribution in [1.29, 1.82) is 0 Å². The van der Waals surface area contributed by atoms with E-state index in [0.29, 0.717) is 11.1 Å². The minimum atomic E-state index is -1.16. The smallest absolute Gasteiger partial charge is 0.326 e. The lowest BCUT2D eigenvalue weighted by molar-refractivity contribution is -0.140. The van der Waals surface area contributed by atoms with E-state index >= 15 is 0 Å². The Hall–Kier alpha value is -2.83. The molecule has 0 radical (unpaired) electrons. The van der Waals surface area contributed by atoms with Crippen LogP contribution in [0, 0.1) is 11.7 Å². The van der Waals surface area contributed by atoms with Crippen LogP contribution in [0.25, 0.3) is 11.1 Å². The molecule has 0 saturated heterocycles. The average Bonchev–Trinajstić information content (AvgIpc) is 2.52. The number of nitrogens with zero attached hydrogens (tertiary/aromatic N) is 2. The Labute approximate surface area is 132 Å². The predicted molar refractivity (Wildman–Crippen MR) is 81.2 cm³/mol. The van der Waals surface area contributed by atoms with E-state index in [1.807, 2.05) is 0 Å². The van der Waals surface area contributed by atoms with E-state index in [-0.39, 0.29) is 11.5 Å². The van der Waals surface area contributed by atoms with Gasteiger partial charge in [0.2, 0.25) is 0 Å². The van der Waals surface area contributed by atoms with Gasteiger partial charge in [-0.1, -0.05) is 19.9 Å². The van der Waals surface area contributed by atoms with Crippen LogP contribution in [0.3, 0.4) is 0 Å². The summed E-state index contributed by atoms with van der Waals surface area (Å²) in [6.45, 7) is 3.32. The fourth-order valence-corrected chi connectivity index (χ4v) is 2.06. The summed E-state index contributed by atoms with van der Waals surface area (Å²) in [6.07, 6.45) is 4.42. The Morgan fingerprint density at radius 3 is 2.35 bits per heavy atom. The molecule has 6 nitrogen and oxygen atoms in total. The molecule has 23 heavy (non-hydrogen) atoms. The number of carbonyl (C=O) groups excluding carboxylic acids is 1. The van der Waals surface area contributed by atoms with Gasteiger partial charge in [-0.2, -0.15) is 0 Å². The summed E-state index contributed by atoms with van der Waals surface area (Å²) in [4.78, 5) is 30.9. The van der Waals surface area contributed by atoms with E-state index < -0.39 is 23.7 Å². The second-order valence-electron chi connectivity index (χ2n) is 5.36. The van der Waals surface area contributed by atoms with E-state index in [9.17, 15) is 14.0 Å². The highest BCUT2D eigenvalue weighted by Gasteiger charge is 2.25. The van der Waals surface area contributed by atoms with Crippen molar-refractivity contribution in [2.24, 2.45) is 5.92 Å². The van der Waals surface area contributed by atoms with E-state index in [4.69, 9.17) is 5.11 Å². The van der Waals surface area contributed by atoms with Crippen molar-refractivity contribution in [3.8, 4) is 11.1 Å². The van der Waals surface area contributed by atoms with Crippen LogP contribution in [-0.2, 0) is 4.79 Å². The Morgan fingerprint density at radius 2 is 1.83 bits per heavy atom. The number of hydrogen-bond acceptors (Lipinski definition) is 4. The minimum Gasteiger partial charge on any atom is -0.480 e. The zero-order valence-electron chi connectivity index (χ0n) is 12.7. The van der Waals surface area contributed by atoms with Crippen LogP contribution < -0.4 is 5.32 Å². The van der Waals surface area contributed by atoms with Gasteiger partial charge in [-0.3, -0.25) is 4.79 Å². The maximum atomic E-state index is 14.2. The summed E-state index contributed by atoms with van der Waals surface area (Å²) in [5.74, 6) is -2.98. The molecule has 120 valence electrons. The molecule has 0 fully saturated rings. The highest BCUT2D eigenvalue weighted by Crippen LogP contribution is 2.20. The van der Waals surface area contributed by atoms with Gasteiger partial charge in [0.05, 0.1) is 5.56 Å². The number of carboxylic acid groups (broad SMARTS) is 1. The predicted octanol–water partition coefficient (Wildman–Crippen LogP) is 2.12. The number of halogens is 1. The van der Waals surface area contributed by atoms with Crippen LogP contribution in [-0.4, -0.2) is 33.0 Å². The first-order valence-electron chi connectivity index (χ1n) is 6.98. The summed E-state index contributed by atoms with van der Waals surface area (Å²) in [5, 5.41) is 11.4. The van der Waals surface area contributed by atoms with Crippen LogP contribution in [0.1, 0.15) is 24.2 Å². The highest BCUT2D eigenvalue weighted by atomic mass is 19.1. The fourth-order valence-electron chi connectivity index (χ4n) is 2.06. The molecular weight excluding hydrogens is 301 g/mol. The van der Waals surface area contributed by atoms with Gasteiger partial charge in [0.15, 0.2) is 0 Å². The maximum absolute atomic E-state index is 14.2. The molecule has 0 aliphatic rings. The van der Waals surface area contributed by atoms with E-state index in [0.717, 1.165) is 0 Å². The number of benzene rings is 1. The molecule has 0 spiro atoms. The third-order valence-corrected chi connectivity index (χ3v) is 3.33. The van der Waals surface area contributed by atoms with Crippen molar-refractivity contribution in [3.63, 3.8) is 0 Å². The number of aliphatic carboxylic acids is 1. The highest BCUT2D eigenvalue weighted by molar-refractivity contribution is 5.97. The zero-order valence-corrected chi connectivity index (χ0v) is 12.7. The van der Waals surface area contributed by atoms with Crippen LogP contribution in [0.4, 0.5) is 4.39 Å². The van der Waals surface area contributed by atoms with Crippen LogP contribution >= 0.6 is 0 Å². The summed E-state index contributed by atoms with van der Waals surface area (Å²) in [6, 6.07) is 2.98. The van der Waals surface area contributed by atoms with Crippen LogP contribution in [0.2, 0.25) is 0 Å². The largest absolute Gasteiger partial charge is 0.480 e. The molecule has 1 atom stereocenters. The molecule has 0 aliphatic heterocycles. The fraction of sp³-hybridized carbons (Fsp3) is 0.250. The van der Waals surface area contributed by atoms with Gasteiger partial charge in [0.1, 0.15) is 18.2 Å². The van der Waals surface area contributed by atoms with E-state index in [1.165, 1.54) is 30.9 Å². The Kier molecular flexibility index (Phi) is 5.00. The van der Waals surface area contributed by atoms with Gasteiger partial charge in [-0.25, -0.2) is 19.2 Å². The van der Waals surface area contributed by atoms with E-state index in [2.05, 4.69) is 15.3 Å². The SMILES string of the molecule is CC(C)[C@@H](NC(=O)c1ccc(-c2cncnc2)cc1F)C(=O)O. The third kappa shape index (κ3) is 3.88. The lowest BCUT2D eigenvalue weighted by atomic mass is 10.0. The summed E-state index contributed by atoms with van der Waals surface area (Å²) >= 11 is 0. The number of rotatable bonds is 5. The molecule has 0 bridgehead atoms. The number of amides is 1. The Bertz CT molecular complexity index is 720. The second-order valence-corrected chi connectivity index (χ2v) is 5.36. The Balaban J connectivity index is 2.24. The molecule has 2 N–H and O–H groups in total. The maximum Gasteiger partial charge on any atom is 0.326 e. The first-order chi connectivity index (χ1) is 10.9. The molecule has 0 aliphatic carbocycles. The first kappa shape index (κ1) is 16.5. The number of carbonyl (C=O) groups is 2. The Morgan fingerprint density at radius 1 is 1.17 bits per heavy atom. The standard InChI is InChI=1S/C16H16FN3O3/c1-9(2)14(16(22)23)20-15(21)12-4-3-10(5-13(12)17)11-6-18-8-19-7-11/h3-9,14H,1-2H3,(H,20,21)(H,22,23)/t14-/m1/s1. The molecule has 0 unspecified atom stereocenters. The third-order valence-electron chi connectivity index (χ3n) is 3.33.